The average molecular weight is 235 g/mol. The van der Waals surface area contributed by atoms with Gasteiger partial charge in [-0.05, 0) is 30.2 Å². The van der Waals surface area contributed by atoms with Gasteiger partial charge in [-0.2, -0.15) is 0 Å². The zero-order valence-electron chi connectivity index (χ0n) is 9.19. The van der Waals surface area contributed by atoms with Gasteiger partial charge in [0.25, 0.3) is 0 Å². The van der Waals surface area contributed by atoms with E-state index in [4.69, 9.17) is 0 Å². The van der Waals surface area contributed by atoms with Crippen LogP contribution >= 0.6 is 0 Å². The summed E-state index contributed by atoms with van der Waals surface area (Å²) in [6.07, 6.45) is 2.04. The Morgan fingerprint density at radius 3 is 2.24 bits per heavy atom. The van der Waals surface area contributed by atoms with Gasteiger partial charge in [0.2, 0.25) is 0 Å². The number of nitrogens with zero attached hydrogens (tertiary/aromatic N) is 1. The standard InChI is InChI=1S/C13H11F2NO/c1-8-2-10(7-16-6-8)13(17)9-3-11(14)5-12(15)4-9/h2-7,13,17H,1H3. The van der Waals surface area contributed by atoms with E-state index >= 15 is 0 Å². The molecule has 2 aromatic rings. The minimum Gasteiger partial charge on any atom is -0.384 e. The molecule has 1 aromatic carbocycles. The number of pyridine rings is 1. The van der Waals surface area contributed by atoms with E-state index in [9.17, 15) is 13.9 Å². The summed E-state index contributed by atoms with van der Waals surface area (Å²) in [7, 11) is 0. The minimum atomic E-state index is -1.08. The number of hydrogen-bond acceptors (Lipinski definition) is 2. The van der Waals surface area contributed by atoms with Crippen molar-refractivity contribution in [3.8, 4) is 0 Å². The van der Waals surface area contributed by atoms with Crippen molar-refractivity contribution in [3.05, 3.63) is 65.0 Å². The number of aliphatic hydroxyl groups excluding tert-OH is 1. The highest BCUT2D eigenvalue weighted by Gasteiger charge is 2.13. The highest BCUT2D eigenvalue weighted by Crippen LogP contribution is 2.23. The van der Waals surface area contributed by atoms with Gasteiger partial charge in [-0.1, -0.05) is 6.07 Å². The Bertz CT molecular complexity index is 522. The molecular weight excluding hydrogens is 224 g/mol. The van der Waals surface area contributed by atoms with Crippen molar-refractivity contribution in [1.29, 1.82) is 0 Å². The third-order valence-electron chi connectivity index (χ3n) is 2.41. The summed E-state index contributed by atoms with van der Waals surface area (Å²) in [5.41, 5.74) is 1.56. The fourth-order valence-electron chi connectivity index (χ4n) is 1.65. The van der Waals surface area contributed by atoms with Crippen molar-refractivity contribution < 1.29 is 13.9 Å². The molecular formula is C13H11F2NO. The lowest BCUT2D eigenvalue weighted by atomic mass is 10.0. The van der Waals surface area contributed by atoms with E-state index in [-0.39, 0.29) is 5.56 Å². The molecule has 0 bridgehead atoms. The molecule has 0 saturated carbocycles. The highest BCUT2D eigenvalue weighted by molar-refractivity contribution is 5.30. The van der Waals surface area contributed by atoms with Crippen LogP contribution in [0.5, 0.6) is 0 Å². The van der Waals surface area contributed by atoms with Crippen molar-refractivity contribution >= 4 is 0 Å². The predicted molar refractivity (Wildman–Crippen MR) is 59.4 cm³/mol. The lowest BCUT2D eigenvalue weighted by molar-refractivity contribution is 0.218. The fourth-order valence-corrected chi connectivity index (χ4v) is 1.65. The Morgan fingerprint density at radius 2 is 1.65 bits per heavy atom. The fraction of sp³-hybridized carbons (Fsp3) is 0.154. The molecule has 2 rings (SSSR count). The summed E-state index contributed by atoms with van der Waals surface area (Å²) in [6.45, 7) is 1.83. The molecule has 0 aliphatic rings. The van der Waals surface area contributed by atoms with Crippen molar-refractivity contribution in [2.75, 3.05) is 0 Å². The number of aromatic nitrogens is 1. The van der Waals surface area contributed by atoms with Gasteiger partial charge in [0.15, 0.2) is 0 Å². The quantitative estimate of drug-likeness (QED) is 0.868. The number of benzene rings is 1. The molecule has 1 unspecified atom stereocenters. The summed E-state index contributed by atoms with van der Waals surface area (Å²) in [4.78, 5) is 3.93. The second kappa shape index (κ2) is 4.59. The maximum Gasteiger partial charge on any atom is 0.126 e. The van der Waals surface area contributed by atoms with Crippen LogP contribution in [0.25, 0.3) is 0 Å². The summed E-state index contributed by atoms with van der Waals surface area (Å²) >= 11 is 0. The van der Waals surface area contributed by atoms with Gasteiger partial charge in [0.05, 0.1) is 0 Å². The number of hydrogen-bond donors (Lipinski definition) is 1. The Kier molecular flexibility index (Phi) is 3.15. The molecule has 0 radical (unpaired) electrons. The first-order valence-corrected chi connectivity index (χ1v) is 5.12. The highest BCUT2D eigenvalue weighted by atomic mass is 19.1. The first-order valence-electron chi connectivity index (χ1n) is 5.12. The van der Waals surface area contributed by atoms with Crippen LogP contribution in [0.3, 0.4) is 0 Å². The molecule has 1 heterocycles. The SMILES string of the molecule is Cc1cncc(C(O)c2cc(F)cc(F)c2)c1. The topological polar surface area (TPSA) is 33.1 Å². The zero-order valence-corrected chi connectivity index (χ0v) is 9.19. The molecule has 88 valence electrons. The lowest BCUT2D eigenvalue weighted by Gasteiger charge is -2.11. The largest absolute Gasteiger partial charge is 0.384 e. The van der Waals surface area contributed by atoms with Gasteiger partial charge in [0, 0.05) is 24.0 Å². The maximum absolute atomic E-state index is 13.0. The molecule has 0 amide bonds. The van der Waals surface area contributed by atoms with E-state index < -0.39 is 17.7 Å². The van der Waals surface area contributed by atoms with E-state index in [0.29, 0.717) is 5.56 Å². The predicted octanol–water partition coefficient (Wildman–Crippen LogP) is 2.75. The average Bonchev–Trinajstić information content (AvgIpc) is 2.26. The van der Waals surface area contributed by atoms with E-state index in [1.807, 2.05) is 6.92 Å². The zero-order chi connectivity index (χ0) is 12.4. The molecule has 17 heavy (non-hydrogen) atoms. The van der Waals surface area contributed by atoms with E-state index in [1.165, 1.54) is 6.20 Å². The van der Waals surface area contributed by atoms with Crippen LogP contribution in [0.1, 0.15) is 22.8 Å². The van der Waals surface area contributed by atoms with E-state index in [0.717, 1.165) is 23.8 Å². The van der Waals surface area contributed by atoms with Crippen LogP contribution in [0.4, 0.5) is 8.78 Å². The maximum atomic E-state index is 13.0. The minimum absolute atomic E-state index is 0.176. The second-order valence-corrected chi connectivity index (χ2v) is 3.90. The van der Waals surface area contributed by atoms with E-state index in [1.54, 1.807) is 12.3 Å². The van der Waals surface area contributed by atoms with Crippen molar-refractivity contribution in [3.63, 3.8) is 0 Å². The first kappa shape index (κ1) is 11.7. The Labute approximate surface area is 97.6 Å². The molecule has 2 nitrogen and oxygen atoms in total. The summed E-state index contributed by atoms with van der Waals surface area (Å²) < 4.78 is 26.0. The van der Waals surface area contributed by atoms with Crippen LogP contribution in [-0.4, -0.2) is 10.1 Å². The second-order valence-electron chi connectivity index (χ2n) is 3.90. The van der Waals surface area contributed by atoms with Gasteiger partial charge in [-0.25, -0.2) is 8.78 Å². The van der Waals surface area contributed by atoms with Crippen molar-refractivity contribution in [2.45, 2.75) is 13.0 Å². The van der Waals surface area contributed by atoms with Gasteiger partial charge >= 0.3 is 0 Å². The van der Waals surface area contributed by atoms with Crippen LogP contribution in [-0.2, 0) is 0 Å². The summed E-state index contributed by atoms with van der Waals surface area (Å²) in [5, 5.41) is 9.99. The Hall–Kier alpha value is -1.81. The Morgan fingerprint density at radius 1 is 1.00 bits per heavy atom. The number of aryl methyl sites for hydroxylation is 1. The van der Waals surface area contributed by atoms with Crippen molar-refractivity contribution in [2.24, 2.45) is 0 Å². The Balaban J connectivity index is 2.39. The van der Waals surface area contributed by atoms with Gasteiger partial charge in [0.1, 0.15) is 17.7 Å². The molecule has 0 spiro atoms. The number of halogens is 2. The summed E-state index contributed by atoms with van der Waals surface area (Å²) in [6, 6.07) is 4.71. The molecule has 1 atom stereocenters. The van der Waals surface area contributed by atoms with Gasteiger partial charge in [-0.3, -0.25) is 4.98 Å². The molecule has 4 heteroatoms. The van der Waals surface area contributed by atoms with Crippen molar-refractivity contribution in [1.82, 2.24) is 4.98 Å². The first-order chi connectivity index (χ1) is 8.06. The molecule has 0 aliphatic heterocycles. The van der Waals surface area contributed by atoms with Gasteiger partial charge in [-0.15, -0.1) is 0 Å². The van der Waals surface area contributed by atoms with E-state index in [2.05, 4.69) is 4.98 Å². The monoisotopic (exact) mass is 235 g/mol. The lowest BCUT2D eigenvalue weighted by Crippen LogP contribution is -2.02. The molecule has 1 aromatic heterocycles. The van der Waals surface area contributed by atoms with Crippen LogP contribution in [0.15, 0.2) is 36.7 Å². The van der Waals surface area contributed by atoms with Crippen LogP contribution in [0.2, 0.25) is 0 Å². The van der Waals surface area contributed by atoms with Crippen LogP contribution in [0, 0.1) is 18.6 Å². The van der Waals surface area contributed by atoms with Crippen LogP contribution < -0.4 is 0 Å². The molecule has 0 saturated heterocycles. The molecule has 0 aliphatic carbocycles. The summed E-state index contributed by atoms with van der Waals surface area (Å²) in [5.74, 6) is -1.42. The van der Waals surface area contributed by atoms with Gasteiger partial charge < -0.3 is 5.11 Å². The normalized spacial score (nSPS) is 12.5. The third kappa shape index (κ3) is 2.65. The smallest absolute Gasteiger partial charge is 0.126 e. The molecule has 0 fully saturated rings. The number of rotatable bonds is 2. The molecule has 1 N–H and O–H groups in total. The third-order valence-corrected chi connectivity index (χ3v) is 2.41. The number of aliphatic hydroxyl groups is 1.